The standard InChI is InChI=1S/C15H19ClF2N2.2ClH/c16-11-3-4-12(17)14(15(11)18)13(9-10-1-2-10)20-7-5-19-6-8-20;;/h3-4,10,13,19H,1-2,5-9H2;2*1H/t13-;;/m0../s1. The number of piperazine rings is 1. The van der Waals surface area contributed by atoms with Gasteiger partial charge in [0.05, 0.1) is 5.02 Å². The highest BCUT2D eigenvalue weighted by Gasteiger charge is 2.34. The molecule has 0 unspecified atom stereocenters. The van der Waals surface area contributed by atoms with E-state index in [4.69, 9.17) is 11.6 Å². The average molecular weight is 374 g/mol. The van der Waals surface area contributed by atoms with E-state index in [0.29, 0.717) is 5.92 Å². The second-order valence-corrected chi connectivity index (χ2v) is 6.14. The maximum absolute atomic E-state index is 14.3. The van der Waals surface area contributed by atoms with Gasteiger partial charge in [-0.3, -0.25) is 4.90 Å². The third-order valence-electron chi connectivity index (χ3n) is 4.26. The monoisotopic (exact) mass is 372 g/mol. The predicted molar refractivity (Wildman–Crippen MR) is 90.4 cm³/mol. The zero-order valence-electron chi connectivity index (χ0n) is 12.2. The summed E-state index contributed by atoms with van der Waals surface area (Å²) in [6.07, 6.45) is 3.17. The van der Waals surface area contributed by atoms with E-state index in [2.05, 4.69) is 10.2 Å². The molecule has 2 aliphatic rings. The third kappa shape index (κ3) is 4.45. The van der Waals surface area contributed by atoms with Crippen LogP contribution in [-0.4, -0.2) is 31.1 Å². The summed E-state index contributed by atoms with van der Waals surface area (Å²) in [5.41, 5.74) is 0.159. The summed E-state index contributed by atoms with van der Waals surface area (Å²) < 4.78 is 28.5. The van der Waals surface area contributed by atoms with Crippen LogP contribution >= 0.6 is 36.4 Å². The lowest BCUT2D eigenvalue weighted by molar-refractivity contribution is 0.154. The summed E-state index contributed by atoms with van der Waals surface area (Å²) in [5, 5.41) is 3.29. The highest BCUT2D eigenvalue weighted by atomic mass is 35.5. The van der Waals surface area contributed by atoms with E-state index in [1.54, 1.807) is 0 Å². The van der Waals surface area contributed by atoms with Gasteiger partial charge in [-0.05, 0) is 24.5 Å². The highest BCUT2D eigenvalue weighted by molar-refractivity contribution is 6.30. The van der Waals surface area contributed by atoms with Gasteiger partial charge in [0.25, 0.3) is 0 Å². The molecule has 0 spiro atoms. The molecule has 0 aromatic heterocycles. The molecule has 3 rings (SSSR count). The molecule has 1 heterocycles. The zero-order valence-corrected chi connectivity index (χ0v) is 14.5. The van der Waals surface area contributed by atoms with Crippen molar-refractivity contribution in [2.75, 3.05) is 26.2 Å². The molecular formula is C15H21Cl3F2N2. The number of hydrogen-bond donors (Lipinski definition) is 1. The van der Waals surface area contributed by atoms with Gasteiger partial charge in [0.2, 0.25) is 0 Å². The second-order valence-electron chi connectivity index (χ2n) is 5.74. The summed E-state index contributed by atoms with van der Waals surface area (Å²) in [4.78, 5) is 2.19. The Bertz CT molecular complexity index is 492. The van der Waals surface area contributed by atoms with Crippen molar-refractivity contribution >= 4 is 36.4 Å². The molecule has 0 amide bonds. The molecule has 1 saturated carbocycles. The normalized spacial score (nSPS) is 20.0. The summed E-state index contributed by atoms with van der Waals surface area (Å²) in [6.45, 7) is 3.38. The Morgan fingerprint density at radius 3 is 2.41 bits per heavy atom. The zero-order chi connectivity index (χ0) is 14.1. The SMILES string of the molecule is Cl.Cl.Fc1ccc(Cl)c(F)c1[C@H](CC1CC1)N1CCNCC1. The summed E-state index contributed by atoms with van der Waals surface area (Å²) in [6, 6.07) is 2.38. The molecule has 1 aromatic carbocycles. The molecular weight excluding hydrogens is 353 g/mol. The molecule has 1 aliphatic heterocycles. The van der Waals surface area contributed by atoms with E-state index in [1.807, 2.05) is 0 Å². The van der Waals surface area contributed by atoms with Gasteiger partial charge in [-0.15, -0.1) is 24.8 Å². The first-order valence-corrected chi connectivity index (χ1v) is 7.63. The van der Waals surface area contributed by atoms with E-state index in [0.717, 1.165) is 32.6 Å². The van der Waals surface area contributed by atoms with Crippen LogP contribution in [0.25, 0.3) is 0 Å². The Labute approximate surface area is 147 Å². The van der Waals surface area contributed by atoms with Crippen LogP contribution in [0.15, 0.2) is 12.1 Å². The van der Waals surface area contributed by atoms with Crippen LogP contribution in [0.1, 0.15) is 30.9 Å². The van der Waals surface area contributed by atoms with Crippen molar-refractivity contribution in [1.29, 1.82) is 0 Å². The van der Waals surface area contributed by atoms with Gasteiger partial charge >= 0.3 is 0 Å². The number of nitrogens with zero attached hydrogens (tertiary/aromatic N) is 1. The Kier molecular flexibility index (Phi) is 7.83. The van der Waals surface area contributed by atoms with Crippen molar-refractivity contribution in [1.82, 2.24) is 10.2 Å². The molecule has 1 aliphatic carbocycles. The van der Waals surface area contributed by atoms with Crippen LogP contribution in [0.4, 0.5) is 8.78 Å². The van der Waals surface area contributed by atoms with Crippen LogP contribution in [0, 0.1) is 17.6 Å². The second kappa shape index (κ2) is 8.65. The first kappa shape index (κ1) is 19.9. The van der Waals surface area contributed by atoms with Crippen molar-refractivity contribution < 1.29 is 8.78 Å². The fourth-order valence-electron chi connectivity index (χ4n) is 2.96. The van der Waals surface area contributed by atoms with Gasteiger partial charge in [-0.25, -0.2) is 8.78 Å². The molecule has 0 radical (unpaired) electrons. The highest BCUT2D eigenvalue weighted by Crippen LogP contribution is 2.42. The molecule has 2 nitrogen and oxygen atoms in total. The van der Waals surface area contributed by atoms with Gasteiger partial charge in [0, 0.05) is 37.8 Å². The number of benzene rings is 1. The first-order valence-electron chi connectivity index (χ1n) is 7.25. The van der Waals surface area contributed by atoms with Gasteiger partial charge in [0.15, 0.2) is 0 Å². The van der Waals surface area contributed by atoms with Gasteiger partial charge in [0.1, 0.15) is 11.6 Å². The Morgan fingerprint density at radius 2 is 1.82 bits per heavy atom. The van der Waals surface area contributed by atoms with Gasteiger partial charge in [-0.1, -0.05) is 24.4 Å². The van der Waals surface area contributed by atoms with Gasteiger partial charge < -0.3 is 5.32 Å². The number of rotatable bonds is 4. The quantitative estimate of drug-likeness (QED) is 0.795. The Hall–Kier alpha value is -0.130. The van der Waals surface area contributed by atoms with Crippen LogP contribution in [0.5, 0.6) is 0 Å². The third-order valence-corrected chi connectivity index (χ3v) is 4.55. The van der Waals surface area contributed by atoms with Crippen LogP contribution in [0.3, 0.4) is 0 Å². The van der Waals surface area contributed by atoms with Crippen molar-refractivity contribution in [3.8, 4) is 0 Å². The Morgan fingerprint density at radius 1 is 1.18 bits per heavy atom. The minimum atomic E-state index is -0.587. The number of halogens is 5. The van der Waals surface area contributed by atoms with Crippen molar-refractivity contribution in [2.45, 2.75) is 25.3 Å². The molecule has 22 heavy (non-hydrogen) atoms. The minimum Gasteiger partial charge on any atom is -0.314 e. The van der Waals surface area contributed by atoms with Crippen molar-refractivity contribution in [3.63, 3.8) is 0 Å². The molecule has 2 fully saturated rings. The summed E-state index contributed by atoms with van der Waals surface area (Å²) >= 11 is 5.85. The average Bonchev–Trinajstić information content (AvgIpc) is 3.27. The maximum atomic E-state index is 14.3. The lowest BCUT2D eigenvalue weighted by Gasteiger charge is -2.35. The van der Waals surface area contributed by atoms with E-state index in [-0.39, 0.29) is 41.4 Å². The molecule has 1 N–H and O–H groups in total. The Balaban J connectivity index is 0.00000121. The molecule has 1 saturated heterocycles. The van der Waals surface area contributed by atoms with Crippen LogP contribution in [0.2, 0.25) is 5.02 Å². The number of nitrogens with one attached hydrogen (secondary N) is 1. The fourth-order valence-corrected chi connectivity index (χ4v) is 3.13. The molecule has 7 heteroatoms. The van der Waals surface area contributed by atoms with E-state index in [1.165, 1.54) is 25.0 Å². The van der Waals surface area contributed by atoms with E-state index < -0.39 is 11.6 Å². The fraction of sp³-hybridized carbons (Fsp3) is 0.600. The summed E-state index contributed by atoms with van der Waals surface area (Å²) in [7, 11) is 0. The topological polar surface area (TPSA) is 15.3 Å². The van der Waals surface area contributed by atoms with E-state index >= 15 is 0 Å². The molecule has 0 bridgehead atoms. The van der Waals surface area contributed by atoms with Crippen molar-refractivity contribution in [3.05, 3.63) is 34.4 Å². The largest absolute Gasteiger partial charge is 0.314 e. The maximum Gasteiger partial charge on any atom is 0.149 e. The van der Waals surface area contributed by atoms with Gasteiger partial charge in [-0.2, -0.15) is 0 Å². The first-order chi connectivity index (χ1) is 9.66. The predicted octanol–water partition coefficient (Wildman–Crippen LogP) is 4.21. The van der Waals surface area contributed by atoms with Crippen LogP contribution < -0.4 is 5.32 Å². The summed E-state index contributed by atoms with van der Waals surface area (Å²) in [5.74, 6) is -0.459. The number of hydrogen-bond acceptors (Lipinski definition) is 2. The van der Waals surface area contributed by atoms with Crippen molar-refractivity contribution in [2.24, 2.45) is 5.92 Å². The smallest absolute Gasteiger partial charge is 0.149 e. The minimum absolute atomic E-state index is 0. The molecule has 1 aromatic rings. The lowest BCUT2D eigenvalue weighted by Crippen LogP contribution is -2.45. The van der Waals surface area contributed by atoms with Crippen LogP contribution in [-0.2, 0) is 0 Å². The van der Waals surface area contributed by atoms with E-state index in [9.17, 15) is 8.78 Å². The molecule has 1 atom stereocenters. The molecule has 126 valence electrons. The lowest BCUT2D eigenvalue weighted by atomic mass is 9.97.